The summed E-state index contributed by atoms with van der Waals surface area (Å²) >= 11 is 7.76. The van der Waals surface area contributed by atoms with Crippen molar-refractivity contribution in [2.24, 2.45) is 0 Å². The van der Waals surface area contributed by atoms with Gasteiger partial charge in [-0.15, -0.1) is 11.3 Å². The fourth-order valence-corrected chi connectivity index (χ4v) is 6.51. The van der Waals surface area contributed by atoms with Gasteiger partial charge in [0.25, 0.3) is 0 Å². The predicted octanol–water partition coefficient (Wildman–Crippen LogP) is 8.78. The number of carboxylic acids is 1. The minimum Gasteiger partial charge on any atom is -0.479 e. The summed E-state index contributed by atoms with van der Waals surface area (Å²) in [6.07, 6.45) is 2.44. The number of hydrogen-bond donors (Lipinski definition) is 2. The molecule has 3 aromatic carbocycles. The second-order valence-corrected chi connectivity index (χ2v) is 12.8. The molecular weight excluding hydrogens is 568 g/mol. The van der Waals surface area contributed by atoms with Crippen LogP contribution in [0.1, 0.15) is 43.6 Å². The summed E-state index contributed by atoms with van der Waals surface area (Å²) in [6, 6.07) is 17.6. The van der Waals surface area contributed by atoms with Crippen molar-refractivity contribution in [2.75, 3.05) is 0 Å². The van der Waals surface area contributed by atoms with Gasteiger partial charge in [-0.1, -0.05) is 23.7 Å². The van der Waals surface area contributed by atoms with Crippen molar-refractivity contribution in [2.45, 2.75) is 46.3 Å². The van der Waals surface area contributed by atoms with Crippen molar-refractivity contribution in [1.82, 2.24) is 20.2 Å². The zero-order valence-electron chi connectivity index (χ0n) is 23.8. The van der Waals surface area contributed by atoms with Crippen LogP contribution in [0.5, 0.6) is 0 Å². The van der Waals surface area contributed by atoms with E-state index in [0.29, 0.717) is 10.6 Å². The molecule has 2 N–H and O–H groups in total. The number of aryl methyl sites for hydroxylation is 2. The Hall–Kier alpha value is -4.11. The molecule has 212 valence electrons. The molecule has 6 aromatic rings. The van der Waals surface area contributed by atoms with Crippen LogP contribution in [0.2, 0.25) is 5.02 Å². The highest BCUT2D eigenvalue weighted by atomic mass is 35.5. The molecule has 3 heterocycles. The molecular formula is C33H29ClN4O3S. The number of carboxylic acid groups (broad SMARTS) is 1. The Balaban J connectivity index is 1.54. The number of pyridine rings is 1. The third kappa shape index (κ3) is 5.29. The van der Waals surface area contributed by atoms with Crippen LogP contribution in [0.15, 0.2) is 67.0 Å². The molecule has 0 unspecified atom stereocenters. The normalized spacial score (nSPS) is 12.7. The third-order valence-electron chi connectivity index (χ3n) is 7.07. The van der Waals surface area contributed by atoms with E-state index in [4.69, 9.17) is 21.3 Å². The third-order valence-corrected chi connectivity index (χ3v) is 8.46. The average Bonchev–Trinajstić information content (AvgIpc) is 3.59. The number of carbonyl (C=O) groups is 1. The van der Waals surface area contributed by atoms with E-state index in [1.54, 1.807) is 6.20 Å². The van der Waals surface area contributed by atoms with Crippen LogP contribution >= 0.6 is 22.9 Å². The molecule has 0 radical (unpaired) electrons. The van der Waals surface area contributed by atoms with Gasteiger partial charge in [0.2, 0.25) is 0 Å². The fourth-order valence-electron chi connectivity index (χ4n) is 5.27. The van der Waals surface area contributed by atoms with Gasteiger partial charge >= 0.3 is 5.97 Å². The number of rotatable bonds is 6. The van der Waals surface area contributed by atoms with Gasteiger partial charge in [-0.3, -0.25) is 10.1 Å². The summed E-state index contributed by atoms with van der Waals surface area (Å²) in [7, 11) is 0. The zero-order valence-corrected chi connectivity index (χ0v) is 25.4. The Kier molecular flexibility index (Phi) is 7.09. The lowest BCUT2D eigenvalue weighted by Gasteiger charge is -2.28. The molecule has 42 heavy (non-hydrogen) atoms. The van der Waals surface area contributed by atoms with Crippen molar-refractivity contribution in [3.05, 3.63) is 88.7 Å². The quantitative estimate of drug-likeness (QED) is 0.199. The highest BCUT2D eigenvalue weighted by Gasteiger charge is 2.32. The Labute approximate surface area is 252 Å². The van der Waals surface area contributed by atoms with Crippen molar-refractivity contribution in [3.63, 3.8) is 0 Å². The van der Waals surface area contributed by atoms with E-state index in [1.807, 2.05) is 83.3 Å². The monoisotopic (exact) mass is 596 g/mol. The highest BCUT2D eigenvalue weighted by molar-refractivity contribution is 7.22. The van der Waals surface area contributed by atoms with Gasteiger partial charge in [-0.05, 0) is 93.8 Å². The van der Waals surface area contributed by atoms with Gasteiger partial charge in [-0.2, -0.15) is 5.10 Å². The SMILES string of the molecule is Cc1cc2nc(-c3ccnc(-c4cc(C)c5[nH]ncc5c4)c3)sc2c(-c2ccc(Cl)cc2)c1[C@H](OC(C)(C)C)C(=O)O. The van der Waals surface area contributed by atoms with Crippen molar-refractivity contribution < 1.29 is 14.6 Å². The molecule has 3 aromatic heterocycles. The number of aromatic nitrogens is 4. The Morgan fingerprint density at radius 3 is 2.48 bits per heavy atom. The average molecular weight is 597 g/mol. The Morgan fingerprint density at radius 1 is 1.00 bits per heavy atom. The number of ether oxygens (including phenoxy) is 1. The van der Waals surface area contributed by atoms with E-state index in [-0.39, 0.29) is 0 Å². The van der Waals surface area contributed by atoms with Crippen LogP contribution in [0.4, 0.5) is 0 Å². The van der Waals surface area contributed by atoms with Crippen LogP contribution in [-0.4, -0.2) is 36.8 Å². The first-order valence-electron chi connectivity index (χ1n) is 13.5. The summed E-state index contributed by atoms with van der Waals surface area (Å²) in [5.41, 5.74) is 8.01. The standard InChI is InChI=1S/C33H29ClN4O3S/c1-17-13-25-30(27(19-6-8-23(34)9-7-19)26(17)29(32(39)40)41-33(3,4)5)42-31(37-25)20-10-11-35-24(15-20)21-12-18(2)28-22(14-21)16-36-38-28/h6-16,29H,1-5H3,(H,36,38)(H,39,40)/t29-/m0/s1. The van der Waals surface area contributed by atoms with E-state index in [0.717, 1.165) is 65.2 Å². The summed E-state index contributed by atoms with van der Waals surface area (Å²) in [5.74, 6) is -1.05. The molecule has 7 nitrogen and oxygen atoms in total. The van der Waals surface area contributed by atoms with E-state index >= 15 is 0 Å². The molecule has 9 heteroatoms. The van der Waals surface area contributed by atoms with Crippen LogP contribution in [0.3, 0.4) is 0 Å². The van der Waals surface area contributed by atoms with E-state index in [9.17, 15) is 9.90 Å². The highest BCUT2D eigenvalue weighted by Crippen LogP contribution is 2.44. The maximum atomic E-state index is 12.6. The molecule has 0 aliphatic heterocycles. The first-order valence-corrected chi connectivity index (χ1v) is 14.7. The molecule has 1 atom stereocenters. The van der Waals surface area contributed by atoms with Gasteiger partial charge in [0, 0.05) is 38.9 Å². The number of nitrogens with one attached hydrogen (secondary N) is 1. The second kappa shape index (κ2) is 10.6. The number of aromatic amines is 1. The molecule has 0 fully saturated rings. The number of H-pyrrole nitrogens is 1. The molecule has 6 rings (SSSR count). The number of thiazole rings is 1. The van der Waals surface area contributed by atoms with E-state index in [1.165, 1.54) is 11.3 Å². The topological polar surface area (TPSA) is 101 Å². The summed E-state index contributed by atoms with van der Waals surface area (Å²) in [5, 5.41) is 20.0. The molecule has 0 saturated heterocycles. The van der Waals surface area contributed by atoms with Crippen LogP contribution in [0.25, 0.3) is 54.1 Å². The lowest BCUT2D eigenvalue weighted by molar-refractivity contribution is -0.160. The van der Waals surface area contributed by atoms with Gasteiger partial charge in [0.05, 0.1) is 33.2 Å². The number of fused-ring (bicyclic) bond motifs is 2. The van der Waals surface area contributed by atoms with Crippen LogP contribution in [-0.2, 0) is 9.53 Å². The maximum absolute atomic E-state index is 12.6. The molecule has 0 aliphatic carbocycles. The molecule has 0 saturated carbocycles. The van der Waals surface area contributed by atoms with Crippen molar-refractivity contribution >= 4 is 50.0 Å². The lowest BCUT2D eigenvalue weighted by Crippen LogP contribution is -2.28. The Morgan fingerprint density at radius 2 is 1.76 bits per heavy atom. The maximum Gasteiger partial charge on any atom is 0.337 e. The Bertz CT molecular complexity index is 1970. The predicted molar refractivity (Wildman–Crippen MR) is 169 cm³/mol. The number of halogens is 1. The van der Waals surface area contributed by atoms with Crippen LogP contribution < -0.4 is 0 Å². The minimum absolute atomic E-state index is 0.600. The van der Waals surface area contributed by atoms with Crippen molar-refractivity contribution in [1.29, 1.82) is 0 Å². The summed E-state index contributed by atoms with van der Waals surface area (Å²) in [6.45, 7) is 9.53. The number of aliphatic carboxylic acids is 1. The van der Waals surface area contributed by atoms with Gasteiger partial charge in [-0.25, -0.2) is 9.78 Å². The van der Waals surface area contributed by atoms with Crippen molar-refractivity contribution in [3.8, 4) is 33.0 Å². The van der Waals surface area contributed by atoms with E-state index in [2.05, 4.69) is 27.3 Å². The minimum atomic E-state index is -1.17. The fraction of sp³-hybridized carbons (Fsp3) is 0.212. The first kappa shape index (κ1) is 28.0. The first-order chi connectivity index (χ1) is 20.0. The number of benzene rings is 3. The van der Waals surface area contributed by atoms with Crippen LogP contribution in [0, 0.1) is 13.8 Å². The van der Waals surface area contributed by atoms with Gasteiger partial charge < -0.3 is 9.84 Å². The zero-order chi connectivity index (χ0) is 29.8. The largest absolute Gasteiger partial charge is 0.479 e. The smallest absolute Gasteiger partial charge is 0.337 e. The lowest BCUT2D eigenvalue weighted by atomic mass is 9.91. The molecule has 0 amide bonds. The summed E-state index contributed by atoms with van der Waals surface area (Å²) < 4.78 is 7.02. The molecule has 0 bridgehead atoms. The van der Waals surface area contributed by atoms with Gasteiger partial charge in [0.1, 0.15) is 5.01 Å². The van der Waals surface area contributed by atoms with Gasteiger partial charge in [0.15, 0.2) is 6.10 Å². The molecule has 0 aliphatic rings. The summed E-state index contributed by atoms with van der Waals surface area (Å²) in [4.78, 5) is 22.3. The number of hydrogen-bond acceptors (Lipinski definition) is 6. The molecule has 0 spiro atoms. The van der Waals surface area contributed by atoms with E-state index < -0.39 is 17.7 Å². The number of nitrogens with zero attached hydrogens (tertiary/aromatic N) is 3. The second-order valence-electron chi connectivity index (χ2n) is 11.4.